The van der Waals surface area contributed by atoms with Crippen LogP contribution in [-0.2, 0) is 14.6 Å². The van der Waals surface area contributed by atoms with Gasteiger partial charge in [0.15, 0.2) is 9.84 Å². The summed E-state index contributed by atoms with van der Waals surface area (Å²) in [6.07, 6.45) is 0.773. The van der Waals surface area contributed by atoms with E-state index in [0.29, 0.717) is 6.42 Å². The number of sulfone groups is 1. The van der Waals surface area contributed by atoms with Crippen molar-refractivity contribution >= 4 is 15.8 Å². The molecule has 1 rings (SSSR count). The molecule has 1 aromatic rings. The van der Waals surface area contributed by atoms with Gasteiger partial charge in [0.2, 0.25) is 0 Å². The van der Waals surface area contributed by atoms with Crippen molar-refractivity contribution in [1.82, 2.24) is 0 Å². The highest BCUT2D eigenvalue weighted by Crippen LogP contribution is 2.25. The molecule has 0 spiro atoms. The average Bonchev–Trinajstić information content (AvgIpc) is 2.35. The van der Waals surface area contributed by atoms with Crippen LogP contribution in [0.4, 0.5) is 0 Å². The van der Waals surface area contributed by atoms with Crippen LogP contribution in [0.1, 0.15) is 45.1 Å². The molecule has 4 nitrogen and oxygen atoms in total. The van der Waals surface area contributed by atoms with Gasteiger partial charge in [0.25, 0.3) is 0 Å². The second kappa shape index (κ2) is 6.19. The van der Waals surface area contributed by atoms with Crippen molar-refractivity contribution in [2.24, 2.45) is 0 Å². The van der Waals surface area contributed by atoms with E-state index in [9.17, 15) is 13.2 Å². The first-order chi connectivity index (χ1) is 8.78. The first kappa shape index (κ1) is 15.7. The average molecular weight is 284 g/mol. The number of hydrogen-bond acceptors (Lipinski definition) is 3. The van der Waals surface area contributed by atoms with E-state index < -0.39 is 21.1 Å². The molecule has 0 aromatic heterocycles. The summed E-state index contributed by atoms with van der Waals surface area (Å²) >= 11 is 0. The molecule has 0 fully saturated rings. The highest BCUT2D eigenvalue weighted by Gasteiger charge is 2.20. The van der Waals surface area contributed by atoms with Crippen LogP contribution in [0.15, 0.2) is 29.2 Å². The van der Waals surface area contributed by atoms with E-state index in [1.165, 1.54) is 0 Å². The molecule has 0 heterocycles. The predicted octanol–water partition coefficient (Wildman–Crippen LogP) is 2.84. The van der Waals surface area contributed by atoms with Crippen molar-refractivity contribution in [3.05, 3.63) is 29.8 Å². The summed E-state index contributed by atoms with van der Waals surface area (Å²) in [5, 5.41) is 8.38. The third-order valence-electron chi connectivity index (χ3n) is 3.21. The lowest BCUT2D eigenvalue weighted by atomic mass is 9.93. The smallest absolute Gasteiger partial charge is 0.303 e. The summed E-state index contributed by atoms with van der Waals surface area (Å²) in [5.41, 5.74) is 0.868. The molecular formula is C14H20O4S. The zero-order valence-electron chi connectivity index (χ0n) is 11.5. The Bertz CT molecular complexity index is 529. The maximum Gasteiger partial charge on any atom is 0.303 e. The molecule has 0 aliphatic heterocycles. The zero-order chi connectivity index (χ0) is 14.6. The van der Waals surface area contributed by atoms with Gasteiger partial charge in [-0.2, -0.15) is 0 Å². The van der Waals surface area contributed by atoms with Gasteiger partial charge in [0.05, 0.1) is 16.6 Å². The molecule has 0 amide bonds. The number of carbonyl (C=O) groups is 1. The third kappa shape index (κ3) is 3.80. The molecule has 1 aromatic carbocycles. The molecule has 0 aliphatic rings. The number of carboxylic acid groups (broad SMARTS) is 1. The summed E-state index contributed by atoms with van der Waals surface area (Å²) in [5.74, 6) is -0.918. The fraction of sp³-hybridized carbons (Fsp3) is 0.500. The van der Waals surface area contributed by atoms with Gasteiger partial charge in [-0.15, -0.1) is 0 Å². The standard InChI is InChI=1S/C14H20O4S/c1-4-11(9-14(15)16)12-5-7-13(8-6-12)19(17,18)10(2)3/h5-8,10-11H,4,9H2,1-3H3,(H,15,16). The molecule has 0 bridgehead atoms. The molecule has 0 aliphatic carbocycles. The lowest BCUT2D eigenvalue weighted by Crippen LogP contribution is -2.14. The van der Waals surface area contributed by atoms with Crippen molar-refractivity contribution in [1.29, 1.82) is 0 Å². The summed E-state index contributed by atoms with van der Waals surface area (Å²) in [6, 6.07) is 6.56. The van der Waals surface area contributed by atoms with E-state index >= 15 is 0 Å². The number of benzene rings is 1. The van der Waals surface area contributed by atoms with Crippen molar-refractivity contribution in [2.45, 2.75) is 49.7 Å². The fourth-order valence-corrected chi connectivity index (χ4v) is 2.97. The summed E-state index contributed by atoms with van der Waals surface area (Å²) in [7, 11) is -3.27. The van der Waals surface area contributed by atoms with Gasteiger partial charge in [-0.25, -0.2) is 8.42 Å². The maximum atomic E-state index is 12.0. The minimum atomic E-state index is -3.27. The second-order valence-corrected chi connectivity index (χ2v) is 7.37. The highest BCUT2D eigenvalue weighted by atomic mass is 32.2. The topological polar surface area (TPSA) is 71.4 Å². The SMILES string of the molecule is CCC(CC(=O)O)c1ccc(S(=O)(=O)C(C)C)cc1. The van der Waals surface area contributed by atoms with Crippen LogP contribution in [0, 0.1) is 0 Å². The lowest BCUT2D eigenvalue weighted by molar-refractivity contribution is -0.137. The molecule has 0 radical (unpaired) electrons. The molecule has 19 heavy (non-hydrogen) atoms. The Morgan fingerprint density at radius 2 is 1.74 bits per heavy atom. The highest BCUT2D eigenvalue weighted by molar-refractivity contribution is 7.92. The molecule has 1 unspecified atom stereocenters. The minimum Gasteiger partial charge on any atom is -0.481 e. The largest absolute Gasteiger partial charge is 0.481 e. The van der Waals surface area contributed by atoms with Gasteiger partial charge >= 0.3 is 5.97 Å². The monoisotopic (exact) mass is 284 g/mol. The Hall–Kier alpha value is -1.36. The van der Waals surface area contributed by atoms with Gasteiger partial charge in [-0.3, -0.25) is 4.79 Å². The van der Waals surface area contributed by atoms with E-state index in [-0.39, 0.29) is 17.2 Å². The van der Waals surface area contributed by atoms with Crippen molar-refractivity contribution in [3.63, 3.8) is 0 Å². The number of carboxylic acids is 1. The first-order valence-electron chi connectivity index (χ1n) is 6.34. The van der Waals surface area contributed by atoms with Crippen LogP contribution in [0.25, 0.3) is 0 Å². The predicted molar refractivity (Wildman–Crippen MR) is 74.0 cm³/mol. The van der Waals surface area contributed by atoms with E-state index in [0.717, 1.165) is 5.56 Å². The number of aliphatic carboxylic acids is 1. The summed E-state index contributed by atoms with van der Waals surface area (Å²) in [6.45, 7) is 5.21. The van der Waals surface area contributed by atoms with Crippen LogP contribution < -0.4 is 0 Å². The number of rotatable bonds is 6. The third-order valence-corrected chi connectivity index (χ3v) is 5.38. The molecule has 0 saturated heterocycles. The quantitative estimate of drug-likeness (QED) is 0.872. The van der Waals surface area contributed by atoms with Crippen LogP contribution in [0.2, 0.25) is 0 Å². The van der Waals surface area contributed by atoms with Gasteiger partial charge in [-0.05, 0) is 43.9 Å². The maximum absolute atomic E-state index is 12.0. The summed E-state index contributed by atoms with van der Waals surface area (Å²) in [4.78, 5) is 11.0. The van der Waals surface area contributed by atoms with Crippen LogP contribution in [0.5, 0.6) is 0 Å². The normalized spacial score (nSPS) is 13.5. The zero-order valence-corrected chi connectivity index (χ0v) is 12.3. The van der Waals surface area contributed by atoms with Gasteiger partial charge in [0, 0.05) is 0 Å². The summed E-state index contributed by atoms with van der Waals surface area (Å²) < 4.78 is 23.9. The van der Waals surface area contributed by atoms with Gasteiger partial charge < -0.3 is 5.11 Å². The van der Waals surface area contributed by atoms with E-state index in [1.54, 1.807) is 38.1 Å². The van der Waals surface area contributed by atoms with Crippen molar-refractivity contribution < 1.29 is 18.3 Å². The van der Waals surface area contributed by atoms with Crippen LogP contribution >= 0.6 is 0 Å². The minimum absolute atomic E-state index is 0.0623. The lowest BCUT2D eigenvalue weighted by Gasteiger charge is -2.14. The Balaban J connectivity index is 3.02. The Morgan fingerprint density at radius 3 is 2.11 bits per heavy atom. The Labute approximate surface area is 114 Å². The van der Waals surface area contributed by atoms with Gasteiger partial charge in [0.1, 0.15) is 0 Å². The Morgan fingerprint density at radius 1 is 1.21 bits per heavy atom. The van der Waals surface area contributed by atoms with E-state index in [1.807, 2.05) is 6.92 Å². The second-order valence-electron chi connectivity index (χ2n) is 4.87. The van der Waals surface area contributed by atoms with Crippen molar-refractivity contribution in [3.8, 4) is 0 Å². The molecule has 1 atom stereocenters. The van der Waals surface area contributed by atoms with Crippen LogP contribution in [-0.4, -0.2) is 24.7 Å². The van der Waals surface area contributed by atoms with Gasteiger partial charge in [-0.1, -0.05) is 19.1 Å². The molecule has 0 saturated carbocycles. The van der Waals surface area contributed by atoms with Crippen molar-refractivity contribution in [2.75, 3.05) is 0 Å². The van der Waals surface area contributed by atoms with E-state index in [2.05, 4.69) is 0 Å². The molecule has 1 N–H and O–H groups in total. The van der Waals surface area contributed by atoms with Crippen LogP contribution in [0.3, 0.4) is 0 Å². The fourth-order valence-electron chi connectivity index (χ4n) is 1.91. The molecular weight excluding hydrogens is 264 g/mol. The molecule has 106 valence electrons. The molecule has 5 heteroatoms. The number of hydrogen-bond donors (Lipinski definition) is 1. The first-order valence-corrected chi connectivity index (χ1v) is 7.89. The van der Waals surface area contributed by atoms with E-state index in [4.69, 9.17) is 5.11 Å². The Kier molecular flexibility index (Phi) is 5.11.